The molecule has 1 aromatic heterocycles. The number of rotatable bonds is 2. The molecule has 0 saturated carbocycles. The number of aryl methyl sites for hydroxylation is 1. The van der Waals surface area contributed by atoms with Gasteiger partial charge in [-0.05, 0) is 67.1 Å². The van der Waals surface area contributed by atoms with Gasteiger partial charge in [0.1, 0.15) is 5.82 Å². The third kappa shape index (κ3) is 2.17. The number of anilines is 1. The molecule has 1 aliphatic rings. The Hall–Kier alpha value is -2.29. The standard InChI is InChI=1S/C19H19FN2/c20-14-5-3-4-13(10-14)12-22-18-7-2-1-6-16(18)17-11-15(21)8-9-19(17)22/h3-5,8-11H,1-2,6-7,12,21H2. The molecule has 2 nitrogen and oxygen atoms in total. The summed E-state index contributed by atoms with van der Waals surface area (Å²) in [5.41, 5.74) is 11.8. The van der Waals surface area contributed by atoms with Crippen molar-refractivity contribution < 1.29 is 4.39 Å². The van der Waals surface area contributed by atoms with Gasteiger partial charge in [0.2, 0.25) is 0 Å². The van der Waals surface area contributed by atoms with Crippen molar-refractivity contribution in [1.82, 2.24) is 4.57 Å². The highest BCUT2D eigenvalue weighted by atomic mass is 19.1. The summed E-state index contributed by atoms with van der Waals surface area (Å²) in [5.74, 6) is -0.174. The Bertz CT molecular complexity index is 848. The highest BCUT2D eigenvalue weighted by molar-refractivity contribution is 5.88. The molecule has 112 valence electrons. The number of halogens is 1. The molecule has 0 saturated heterocycles. The van der Waals surface area contributed by atoms with Gasteiger partial charge in [0.05, 0.1) is 0 Å². The fraction of sp³-hybridized carbons (Fsp3) is 0.263. The summed E-state index contributed by atoms with van der Waals surface area (Å²) < 4.78 is 15.8. The number of aromatic nitrogens is 1. The van der Waals surface area contributed by atoms with Gasteiger partial charge in [-0.25, -0.2) is 4.39 Å². The van der Waals surface area contributed by atoms with Gasteiger partial charge in [-0.2, -0.15) is 0 Å². The molecule has 1 aliphatic carbocycles. The maximum Gasteiger partial charge on any atom is 0.123 e. The molecule has 3 aromatic rings. The molecule has 1 heterocycles. The van der Waals surface area contributed by atoms with Crippen molar-refractivity contribution in [2.24, 2.45) is 0 Å². The molecule has 2 N–H and O–H groups in total. The Labute approximate surface area is 129 Å². The molecule has 4 rings (SSSR count). The molecule has 0 amide bonds. The van der Waals surface area contributed by atoms with Gasteiger partial charge in [-0.15, -0.1) is 0 Å². The summed E-state index contributed by atoms with van der Waals surface area (Å²) in [5, 5.41) is 1.27. The average molecular weight is 294 g/mol. The van der Waals surface area contributed by atoms with Crippen LogP contribution in [0.1, 0.15) is 29.7 Å². The first kappa shape index (κ1) is 13.4. The normalized spacial score (nSPS) is 14.2. The Morgan fingerprint density at radius 1 is 1.05 bits per heavy atom. The summed E-state index contributed by atoms with van der Waals surface area (Å²) in [4.78, 5) is 0. The number of nitrogens with zero attached hydrogens (tertiary/aromatic N) is 1. The number of benzene rings is 2. The van der Waals surface area contributed by atoms with Crippen LogP contribution < -0.4 is 5.73 Å². The van der Waals surface area contributed by atoms with Crippen molar-refractivity contribution in [3.8, 4) is 0 Å². The molecule has 0 fully saturated rings. The van der Waals surface area contributed by atoms with Crippen LogP contribution in [0.15, 0.2) is 42.5 Å². The first-order chi connectivity index (χ1) is 10.7. The van der Waals surface area contributed by atoms with Crippen LogP contribution in [0.4, 0.5) is 10.1 Å². The fourth-order valence-corrected chi connectivity index (χ4v) is 3.65. The van der Waals surface area contributed by atoms with Crippen LogP contribution in [0.2, 0.25) is 0 Å². The van der Waals surface area contributed by atoms with E-state index >= 15 is 0 Å². The maximum absolute atomic E-state index is 13.5. The third-order valence-corrected chi connectivity index (χ3v) is 4.63. The molecule has 0 atom stereocenters. The van der Waals surface area contributed by atoms with E-state index in [-0.39, 0.29) is 5.82 Å². The maximum atomic E-state index is 13.5. The van der Waals surface area contributed by atoms with Crippen LogP contribution in [-0.4, -0.2) is 4.57 Å². The molecule has 22 heavy (non-hydrogen) atoms. The van der Waals surface area contributed by atoms with E-state index in [1.807, 2.05) is 12.1 Å². The predicted octanol–water partition coefficient (Wildman–Crippen LogP) is 4.29. The molecule has 0 unspecified atom stereocenters. The van der Waals surface area contributed by atoms with Crippen molar-refractivity contribution in [2.45, 2.75) is 32.2 Å². The van der Waals surface area contributed by atoms with E-state index in [0.29, 0.717) is 6.54 Å². The van der Waals surface area contributed by atoms with Crippen molar-refractivity contribution in [2.75, 3.05) is 5.73 Å². The fourth-order valence-electron chi connectivity index (χ4n) is 3.65. The van der Waals surface area contributed by atoms with Gasteiger partial charge in [0.15, 0.2) is 0 Å². The Morgan fingerprint density at radius 3 is 2.77 bits per heavy atom. The van der Waals surface area contributed by atoms with Crippen LogP contribution in [0.3, 0.4) is 0 Å². The van der Waals surface area contributed by atoms with Gasteiger partial charge in [0, 0.05) is 28.8 Å². The molecule has 2 aromatic carbocycles. The zero-order chi connectivity index (χ0) is 15.1. The molecule has 3 heteroatoms. The second-order valence-corrected chi connectivity index (χ2v) is 6.13. The van der Waals surface area contributed by atoms with E-state index in [1.165, 1.54) is 41.1 Å². The van der Waals surface area contributed by atoms with Crippen LogP contribution >= 0.6 is 0 Å². The van der Waals surface area contributed by atoms with E-state index < -0.39 is 0 Å². The number of hydrogen-bond acceptors (Lipinski definition) is 1. The lowest BCUT2D eigenvalue weighted by Crippen LogP contribution is -2.09. The summed E-state index contributed by atoms with van der Waals surface area (Å²) in [6, 6.07) is 13.0. The van der Waals surface area contributed by atoms with Crippen molar-refractivity contribution in [3.63, 3.8) is 0 Å². The summed E-state index contributed by atoms with van der Waals surface area (Å²) in [7, 11) is 0. The number of hydrogen-bond donors (Lipinski definition) is 1. The van der Waals surface area contributed by atoms with Gasteiger partial charge in [0.25, 0.3) is 0 Å². The number of nitrogen functional groups attached to an aromatic ring is 1. The Morgan fingerprint density at radius 2 is 1.91 bits per heavy atom. The predicted molar refractivity (Wildman–Crippen MR) is 88.5 cm³/mol. The third-order valence-electron chi connectivity index (χ3n) is 4.63. The molecule has 0 bridgehead atoms. The molecular formula is C19H19FN2. The van der Waals surface area contributed by atoms with Crippen molar-refractivity contribution in [1.29, 1.82) is 0 Å². The first-order valence-corrected chi connectivity index (χ1v) is 7.86. The van der Waals surface area contributed by atoms with Crippen LogP contribution in [0, 0.1) is 5.82 Å². The zero-order valence-corrected chi connectivity index (χ0v) is 12.5. The Kier molecular flexibility index (Phi) is 3.14. The Balaban J connectivity index is 1.89. The summed E-state index contributed by atoms with van der Waals surface area (Å²) in [6.07, 6.45) is 4.67. The minimum atomic E-state index is -0.174. The van der Waals surface area contributed by atoms with E-state index in [1.54, 1.807) is 12.1 Å². The highest BCUT2D eigenvalue weighted by Gasteiger charge is 2.20. The van der Waals surface area contributed by atoms with E-state index in [4.69, 9.17) is 5.73 Å². The minimum Gasteiger partial charge on any atom is -0.399 e. The first-order valence-electron chi connectivity index (χ1n) is 7.86. The lowest BCUT2D eigenvalue weighted by molar-refractivity contribution is 0.618. The second-order valence-electron chi connectivity index (χ2n) is 6.13. The highest BCUT2D eigenvalue weighted by Crippen LogP contribution is 2.33. The van der Waals surface area contributed by atoms with Gasteiger partial charge < -0.3 is 10.3 Å². The van der Waals surface area contributed by atoms with Crippen LogP contribution in [0.25, 0.3) is 10.9 Å². The van der Waals surface area contributed by atoms with E-state index in [9.17, 15) is 4.39 Å². The van der Waals surface area contributed by atoms with Gasteiger partial charge in [-0.3, -0.25) is 0 Å². The summed E-state index contributed by atoms with van der Waals surface area (Å²) >= 11 is 0. The number of fused-ring (bicyclic) bond motifs is 3. The van der Waals surface area contributed by atoms with Gasteiger partial charge in [-0.1, -0.05) is 12.1 Å². The van der Waals surface area contributed by atoms with Crippen molar-refractivity contribution >= 4 is 16.6 Å². The smallest absolute Gasteiger partial charge is 0.123 e. The molecule has 0 aliphatic heterocycles. The molecule has 0 radical (unpaired) electrons. The lowest BCUT2D eigenvalue weighted by Gasteiger charge is -2.16. The zero-order valence-electron chi connectivity index (χ0n) is 12.5. The quantitative estimate of drug-likeness (QED) is 0.702. The van der Waals surface area contributed by atoms with Crippen LogP contribution in [0.5, 0.6) is 0 Å². The lowest BCUT2D eigenvalue weighted by atomic mass is 9.95. The van der Waals surface area contributed by atoms with Crippen LogP contribution in [-0.2, 0) is 19.4 Å². The van der Waals surface area contributed by atoms with Crippen molar-refractivity contribution in [3.05, 3.63) is 65.1 Å². The van der Waals surface area contributed by atoms with E-state index in [0.717, 1.165) is 24.1 Å². The monoisotopic (exact) mass is 294 g/mol. The average Bonchev–Trinajstić information content (AvgIpc) is 2.81. The van der Waals surface area contributed by atoms with Gasteiger partial charge >= 0.3 is 0 Å². The molecule has 0 spiro atoms. The SMILES string of the molecule is Nc1ccc2c(c1)c1c(n2Cc2cccc(F)c2)CCCC1. The van der Waals surface area contributed by atoms with E-state index in [2.05, 4.69) is 16.7 Å². The summed E-state index contributed by atoms with van der Waals surface area (Å²) in [6.45, 7) is 0.716. The largest absolute Gasteiger partial charge is 0.399 e. The topological polar surface area (TPSA) is 30.9 Å². The molecular weight excluding hydrogens is 275 g/mol. The minimum absolute atomic E-state index is 0.174. The number of nitrogens with two attached hydrogens (primary N) is 1. The second kappa shape index (κ2) is 5.16.